The minimum atomic E-state index is -0.716. The fourth-order valence-corrected chi connectivity index (χ4v) is 2.54. The molecule has 2 rings (SSSR count). The third kappa shape index (κ3) is 3.91. The first kappa shape index (κ1) is 14.7. The number of hydrogen-bond donors (Lipinski definition) is 1. The molecule has 0 aromatic heterocycles. The summed E-state index contributed by atoms with van der Waals surface area (Å²) in [6.07, 6.45) is 0. The van der Waals surface area contributed by atoms with E-state index in [0.717, 1.165) is 0 Å². The number of rotatable bonds is 6. The zero-order chi connectivity index (χ0) is 14.4. The van der Waals surface area contributed by atoms with Crippen molar-refractivity contribution in [2.24, 2.45) is 0 Å². The van der Waals surface area contributed by atoms with E-state index in [1.54, 1.807) is 36.4 Å². The molecule has 0 saturated heterocycles. The number of hydrogen-bond acceptors (Lipinski definition) is 3. The van der Waals surface area contributed by atoms with E-state index in [-0.39, 0.29) is 12.4 Å². The molecule has 20 heavy (non-hydrogen) atoms. The molecule has 104 valence electrons. The van der Waals surface area contributed by atoms with Gasteiger partial charge in [-0.05, 0) is 0 Å². The van der Waals surface area contributed by atoms with Crippen LogP contribution in [0.3, 0.4) is 0 Å². The van der Waals surface area contributed by atoms with Gasteiger partial charge in [0.25, 0.3) is 0 Å². The van der Waals surface area contributed by atoms with Crippen molar-refractivity contribution >= 4 is 5.78 Å². The van der Waals surface area contributed by atoms with E-state index < -0.39 is 21.6 Å². The quantitative estimate of drug-likeness (QED) is 0.558. The number of aliphatic hydroxyl groups excluding tert-OH is 1. The fraction of sp³-hybridized carbons (Fsp3) is 0.0625. The average Bonchev–Trinajstić information content (AvgIpc) is 2.53. The van der Waals surface area contributed by atoms with E-state index in [9.17, 15) is 4.79 Å². The summed E-state index contributed by atoms with van der Waals surface area (Å²) < 4.78 is 6.25. The standard InChI is InChI=1S/C16H14IO3/c1-12(11-18)17-20-15-9-7-14(8-10-15)16(19)13-5-3-2-4-6-13/h2-10,18H,1,11H2/q-1. The molecular formula is C16H14IO3-. The first-order valence-electron chi connectivity index (χ1n) is 6.01. The normalized spacial score (nSPS) is 10.2. The van der Waals surface area contributed by atoms with Crippen molar-refractivity contribution in [2.75, 3.05) is 6.61 Å². The van der Waals surface area contributed by atoms with E-state index in [0.29, 0.717) is 20.5 Å². The Balaban J connectivity index is 2.05. The Morgan fingerprint density at radius 3 is 2.25 bits per heavy atom. The van der Waals surface area contributed by atoms with Gasteiger partial charge in [-0.15, -0.1) is 0 Å². The Bertz CT molecular complexity index is 591. The van der Waals surface area contributed by atoms with Crippen LogP contribution >= 0.6 is 0 Å². The molecule has 0 saturated carbocycles. The van der Waals surface area contributed by atoms with Crippen LogP contribution < -0.4 is 24.7 Å². The van der Waals surface area contributed by atoms with Crippen LogP contribution in [-0.4, -0.2) is 17.5 Å². The molecule has 0 unspecified atom stereocenters. The van der Waals surface area contributed by atoms with Crippen molar-refractivity contribution in [3.8, 4) is 5.75 Å². The van der Waals surface area contributed by atoms with Crippen LogP contribution in [-0.2, 0) is 0 Å². The number of carbonyl (C=O) groups excluding carboxylic acids is 1. The van der Waals surface area contributed by atoms with Gasteiger partial charge in [0.05, 0.1) is 0 Å². The van der Waals surface area contributed by atoms with Gasteiger partial charge in [0.1, 0.15) is 0 Å². The van der Waals surface area contributed by atoms with Gasteiger partial charge in [-0.25, -0.2) is 0 Å². The summed E-state index contributed by atoms with van der Waals surface area (Å²) in [5, 5.41) is 8.86. The van der Waals surface area contributed by atoms with E-state index in [1.807, 2.05) is 18.2 Å². The first-order chi connectivity index (χ1) is 9.70. The maximum absolute atomic E-state index is 12.2. The molecule has 3 nitrogen and oxygen atoms in total. The fourth-order valence-electron chi connectivity index (χ4n) is 1.54. The first-order valence-corrected chi connectivity index (χ1v) is 7.97. The summed E-state index contributed by atoms with van der Waals surface area (Å²) >= 11 is -0.716. The molecule has 0 aliphatic rings. The Hall–Kier alpha value is -1.66. The second-order valence-electron chi connectivity index (χ2n) is 4.05. The predicted octanol–water partition coefficient (Wildman–Crippen LogP) is -0.194. The van der Waals surface area contributed by atoms with Crippen LogP contribution in [0.1, 0.15) is 15.9 Å². The van der Waals surface area contributed by atoms with E-state index in [1.165, 1.54) is 0 Å². The number of carbonyl (C=O) groups is 1. The van der Waals surface area contributed by atoms with Crippen molar-refractivity contribution in [1.29, 1.82) is 0 Å². The third-order valence-corrected chi connectivity index (χ3v) is 4.25. The topological polar surface area (TPSA) is 46.5 Å². The van der Waals surface area contributed by atoms with Gasteiger partial charge in [-0.2, -0.15) is 0 Å². The van der Waals surface area contributed by atoms with Crippen molar-refractivity contribution in [3.63, 3.8) is 0 Å². The Labute approximate surface area is 128 Å². The summed E-state index contributed by atoms with van der Waals surface area (Å²) in [7, 11) is 0. The zero-order valence-electron chi connectivity index (χ0n) is 10.8. The van der Waals surface area contributed by atoms with Crippen molar-refractivity contribution < 1.29 is 34.6 Å². The molecule has 0 radical (unpaired) electrons. The molecule has 0 atom stereocenters. The van der Waals surface area contributed by atoms with Crippen LogP contribution in [0.4, 0.5) is 0 Å². The van der Waals surface area contributed by atoms with Crippen LogP contribution in [0.5, 0.6) is 5.75 Å². The van der Waals surface area contributed by atoms with Gasteiger partial charge in [0.15, 0.2) is 0 Å². The minimum absolute atomic E-state index is 0.00776. The second kappa shape index (κ2) is 7.21. The van der Waals surface area contributed by atoms with Crippen molar-refractivity contribution in [1.82, 2.24) is 0 Å². The molecule has 0 spiro atoms. The summed E-state index contributed by atoms with van der Waals surface area (Å²) in [6, 6.07) is 16.2. The number of halogens is 1. The van der Waals surface area contributed by atoms with Crippen LogP contribution in [0.15, 0.2) is 64.8 Å². The number of aliphatic hydroxyl groups is 1. The van der Waals surface area contributed by atoms with Crippen molar-refractivity contribution in [2.45, 2.75) is 0 Å². The van der Waals surface area contributed by atoms with E-state index in [4.69, 9.17) is 8.17 Å². The van der Waals surface area contributed by atoms with Gasteiger partial charge >= 0.3 is 129 Å². The molecular weight excluding hydrogens is 367 g/mol. The Morgan fingerprint density at radius 2 is 1.65 bits per heavy atom. The molecule has 0 fully saturated rings. The van der Waals surface area contributed by atoms with Gasteiger partial charge < -0.3 is 0 Å². The number of ketones is 1. The molecule has 1 N–H and O–H groups in total. The van der Waals surface area contributed by atoms with Crippen LogP contribution in [0.2, 0.25) is 0 Å². The molecule has 2 aromatic carbocycles. The number of benzene rings is 2. The monoisotopic (exact) mass is 381 g/mol. The SMILES string of the molecule is C=C(CO)[I-]Oc1ccc(C(=O)c2ccccc2)cc1. The molecule has 0 amide bonds. The molecule has 2 aromatic rings. The summed E-state index contributed by atoms with van der Waals surface area (Å²) in [5.41, 5.74) is 1.30. The molecule has 0 heterocycles. The Kier molecular flexibility index (Phi) is 5.31. The average molecular weight is 381 g/mol. The van der Waals surface area contributed by atoms with Gasteiger partial charge in [-0.1, -0.05) is 0 Å². The van der Waals surface area contributed by atoms with Gasteiger partial charge in [0.2, 0.25) is 0 Å². The van der Waals surface area contributed by atoms with Crippen LogP contribution in [0, 0.1) is 0 Å². The molecule has 0 aliphatic carbocycles. The molecule has 0 aliphatic heterocycles. The maximum atomic E-state index is 12.2. The van der Waals surface area contributed by atoms with E-state index >= 15 is 0 Å². The summed E-state index contributed by atoms with van der Waals surface area (Å²) in [5.74, 6) is 0.684. The van der Waals surface area contributed by atoms with Gasteiger partial charge in [0, 0.05) is 0 Å². The van der Waals surface area contributed by atoms with Crippen LogP contribution in [0.25, 0.3) is 0 Å². The van der Waals surface area contributed by atoms with E-state index in [2.05, 4.69) is 6.58 Å². The second-order valence-corrected chi connectivity index (χ2v) is 6.46. The summed E-state index contributed by atoms with van der Waals surface area (Å²) in [6.45, 7) is 3.65. The van der Waals surface area contributed by atoms with Gasteiger partial charge in [-0.3, -0.25) is 0 Å². The zero-order valence-corrected chi connectivity index (χ0v) is 12.9. The van der Waals surface area contributed by atoms with Crippen molar-refractivity contribution in [3.05, 3.63) is 75.9 Å². The predicted molar refractivity (Wildman–Crippen MR) is 73.2 cm³/mol. The molecule has 4 heteroatoms. The molecule has 0 bridgehead atoms. The Morgan fingerprint density at radius 1 is 1.05 bits per heavy atom. The summed E-state index contributed by atoms with van der Waals surface area (Å²) in [4.78, 5) is 12.2. The third-order valence-electron chi connectivity index (χ3n) is 2.56.